The van der Waals surface area contributed by atoms with Crippen LogP contribution in [0.1, 0.15) is 49.3 Å². The Balaban J connectivity index is 1.98. The zero-order valence-corrected chi connectivity index (χ0v) is 13.6. The molecule has 2 saturated heterocycles. The van der Waals surface area contributed by atoms with E-state index in [4.69, 9.17) is 4.74 Å². The maximum Gasteiger partial charge on any atom is 0.235 e. The first-order valence-electron chi connectivity index (χ1n) is 7.91. The fraction of sp³-hybridized carbons (Fsp3) is 0.556. The highest BCUT2D eigenvalue weighted by molar-refractivity contribution is 6.17. The molecule has 2 aliphatic rings. The molecule has 4 heteroatoms. The minimum atomic E-state index is -0.754. The Morgan fingerprint density at radius 2 is 1.77 bits per heavy atom. The van der Waals surface area contributed by atoms with Crippen LogP contribution in [0.15, 0.2) is 18.2 Å². The molecule has 3 unspecified atom stereocenters. The van der Waals surface area contributed by atoms with Crippen molar-refractivity contribution in [1.29, 1.82) is 0 Å². The lowest BCUT2D eigenvalue weighted by molar-refractivity contribution is -0.133. The highest BCUT2D eigenvalue weighted by Gasteiger charge is 2.55. The third-order valence-electron chi connectivity index (χ3n) is 4.83. The van der Waals surface area contributed by atoms with Crippen LogP contribution in [-0.2, 0) is 14.3 Å². The molecule has 0 bridgehead atoms. The number of ketones is 1. The number of carbonyl (C=O) groups is 2. The van der Waals surface area contributed by atoms with E-state index in [1.165, 1.54) is 0 Å². The molecule has 2 heterocycles. The molecule has 0 aliphatic carbocycles. The number of Topliss-reactive ketones (excluding diaryl/α,β-unsaturated/α-hetero) is 1. The van der Waals surface area contributed by atoms with E-state index >= 15 is 0 Å². The van der Waals surface area contributed by atoms with Crippen LogP contribution >= 0.6 is 0 Å². The normalized spacial score (nSPS) is 35.0. The van der Waals surface area contributed by atoms with Crippen LogP contribution in [0.2, 0.25) is 0 Å². The number of carbonyl (C=O) groups excluding carboxylic acids is 2. The van der Waals surface area contributed by atoms with Crippen molar-refractivity contribution in [3.63, 3.8) is 0 Å². The predicted octanol–water partition coefficient (Wildman–Crippen LogP) is 2.41. The van der Waals surface area contributed by atoms with Crippen molar-refractivity contribution in [3.05, 3.63) is 34.9 Å². The molecule has 1 amide bonds. The number of amides is 1. The van der Waals surface area contributed by atoms with Crippen LogP contribution in [0.4, 0.5) is 0 Å². The molecule has 3 atom stereocenters. The second-order valence-electron chi connectivity index (χ2n) is 6.89. The molecule has 0 aromatic heterocycles. The monoisotopic (exact) mass is 301 g/mol. The number of ether oxygens (including phenoxy) is 1. The van der Waals surface area contributed by atoms with E-state index < -0.39 is 11.5 Å². The smallest absolute Gasteiger partial charge is 0.235 e. The van der Waals surface area contributed by atoms with Gasteiger partial charge in [0.25, 0.3) is 0 Å². The van der Waals surface area contributed by atoms with Crippen molar-refractivity contribution in [1.82, 2.24) is 5.32 Å². The zero-order chi connectivity index (χ0) is 16.1. The number of hydrogen-bond acceptors (Lipinski definition) is 3. The van der Waals surface area contributed by atoms with Crippen LogP contribution < -0.4 is 5.32 Å². The predicted molar refractivity (Wildman–Crippen MR) is 83.8 cm³/mol. The molecule has 0 radical (unpaired) electrons. The Morgan fingerprint density at radius 3 is 2.36 bits per heavy atom. The zero-order valence-electron chi connectivity index (χ0n) is 13.6. The van der Waals surface area contributed by atoms with E-state index in [9.17, 15) is 9.59 Å². The van der Waals surface area contributed by atoms with Gasteiger partial charge >= 0.3 is 0 Å². The summed E-state index contributed by atoms with van der Waals surface area (Å²) in [5.41, 5.74) is 2.21. The lowest BCUT2D eigenvalue weighted by Crippen LogP contribution is -2.54. The molecule has 118 valence electrons. The van der Waals surface area contributed by atoms with E-state index in [-0.39, 0.29) is 23.9 Å². The van der Waals surface area contributed by atoms with Crippen LogP contribution in [0, 0.1) is 13.8 Å². The average Bonchev–Trinajstić information content (AvgIpc) is 2.60. The van der Waals surface area contributed by atoms with Gasteiger partial charge in [-0.25, -0.2) is 0 Å². The van der Waals surface area contributed by atoms with Gasteiger partial charge < -0.3 is 10.1 Å². The molecular weight excluding hydrogens is 278 g/mol. The maximum atomic E-state index is 13.1. The summed E-state index contributed by atoms with van der Waals surface area (Å²) in [7, 11) is 0. The highest BCUT2D eigenvalue weighted by Crippen LogP contribution is 2.40. The number of benzene rings is 1. The summed E-state index contributed by atoms with van der Waals surface area (Å²) >= 11 is 0. The molecule has 4 nitrogen and oxygen atoms in total. The lowest BCUT2D eigenvalue weighted by Gasteiger charge is -2.39. The highest BCUT2D eigenvalue weighted by atomic mass is 16.5. The van der Waals surface area contributed by atoms with Crippen molar-refractivity contribution >= 4 is 11.7 Å². The van der Waals surface area contributed by atoms with Crippen LogP contribution in [-0.4, -0.2) is 29.4 Å². The van der Waals surface area contributed by atoms with Gasteiger partial charge in [0.2, 0.25) is 5.91 Å². The molecule has 1 spiro atoms. The van der Waals surface area contributed by atoms with Gasteiger partial charge in [-0.1, -0.05) is 23.8 Å². The van der Waals surface area contributed by atoms with E-state index in [0.29, 0.717) is 12.8 Å². The number of rotatable bonds is 1. The van der Waals surface area contributed by atoms with Crippen molar-refractivity contribution in [3.8, 4) is 0 Å². The van der Waals surface area contributed by atoms with Gasteiger partial charge in [-0.3, -0.25) is 9.59 Å². The molecule has 1 aromatic rings. The van der Waals surface area contributed by atoms with Gasteiger partial charge in [-0.2, -0.15) is 0 Å². The van der Waals surface area contributed by atoms with Gasteiger partial charge in [0, 0.05) is 12.8 Å². The standard InChI is InChI=1S/C18H23NO3/c1-10-5-6-14(11(2)7-10)15-16(20)18(19-17(15)21)8-12(3)22-13(4)9-18/h5-7,12-13,15H,8-9H2,1-4H3,(H,19,21). The summed E-state index contributed by atoms with van der Waals surface area (Å²) in [6.45, 7) is 7.89. The average molecular weight is 301 g/mol. The lowest BCUT2D eigenvalue weighted by atomic mass is 9.78. The third kappa shape index (κ3) is 2.35. The fourth-order valence-electron chi connectivity index (χ4n) is 4.06. The third-order valence-corrected chi connectivity index (χ3v) is 4.83. The molecular formula is C18H23NO3. The number of nitrogens with one attached hydrogen (secondary N) is 1. The van der Waals surface area contributed by atoms with Crippen LogP contribution in [0.3, 0.4) is 0 Å². The Morgan fingerprint density at radius 1 is 1.14 bits per heavy atom. The Bertz CT molecular complexity index is 627. The molecule has 3 rings (SSSR count). The summed E-state index contributed by atoms with van der Waals surface area (Å²) in [4.78, 5) is 25.6. The minimum absolute atomic E-state index is 0.00598. The van der Waals surface area contributed by atoms with E-state index in [1.807, 2.05) is 45.9 Å². The van der Waals surface area contributed by atoms with E-state index in [1.54, 1.807) is 0 Å². The molecule has 1 aromatic carbocycles. The molecule has 1 N–H and O–H groups in total. The van der Waals surface area contributed by atoms with Crippen LogP contribution in [0.5, 0.6) is 0 Å². The fourth-order valence-corrected chi connectivity index (χ4v) is 4.06. The second kappa shape index (κ2) is 5.20. The Labute approximate surface area is 131 Å². The summed E-state index contributed by atoms with van der Waals surface area (Å²) in [6.07, 6.45) is 1.07. The van der Waals surface area contributed by atoms with Crippen molar-refractivity contribution < 1.29 is 14.3 Å². The SMILES string of the molecule is Cc1ccc(C2C(=O)NC3(CC(C)OC(C)C3)C2=O)c(C)c1. The first-order chi connectivity index (χ1) is 10.3. The van der Waals surface area contributed by atoms with Crippen molar-refractivity contribution in [2.45, 2.75) is 64.2 Å². The summed E-state index contributed by atoms with van der Waals surface area (Å²) in [5.74, 6) is -0.845. The minimum Gasteiger partial charge on any atom is -0.375 e. The van der Waals surface area contributed by atoms with Gasteiger partial charge in [-0.05, 0) is 38.8 Å². The molecule has 2 aliphatic heterocycles. The quantitative estimate of drug-likeness (QED) is 0.810. The van der Waals surface area contributed by atoms with Gasteiger partial charge in [0.1, 0.15) is 11.5 Å². The van der Waals surface area contributed by atoms with Gasteiger partial charge in [0.15, 0.2) is 5.78 Å². The first kappa shape index (κ1) is 15.2. The largest absolute Gasteiger partial charge is 0.375 e. The number of aryl methyl sites for hydroxylation is 2. The molecule has 2 fully saturated rings. The summed E-state index contributed by atoms with van der Waals surface area (Å²) < 4.78 is 5.73. The molecule has 0 saturated carbocycles. The summed E-state index contributed by atoms with van der Waals surface area (Å²) in [5, 5.41) is 3.00. The van der Waals surface area contributed by atoms with Gasteiger partial charge in [0.05, 0.1) is 12.2 Å². The topological polar surface area (TPSA) is 55.4 Å². The first-order valence-corrected chi connectivity index (χ1v) is 7.91. The Hall–Kier alpha value is -1.68. The summed E-state index contributed by atoms with van der Waals surface area (Å²) in [6, 6.07) is 5.90. The van der Waals surface area contributed by atoms with Crippen molar-refractivity contribution in [2.24, 2.45) is 0 Å². The van der Waals surface area contributed by atoms with Crippen molar-refractivity contribution in [2.75, 3.05) is 0 Å². The maximum absolute atomic E-state index is 13.1. The second-order valence-corrected chi connectivity index (χ2v) is 6.89. The number of hydrogen-bond donors (Lipinski definition) is 1. The van der Waals surface area contributed by atoms with E-state index in [0.717, 1.165) is 16.7 Å². The van der Waals surface area contributed by atoms with E-state index in [2.05, 4.69) is 5.32 Å². The molecule has 22 heavy (non-hydrogen) atoms. The Kier molecular flexibility index (Phi) is 3.60. The van der Waals surface area contributed by atoms with Gasteiger partial charge in [-0.15, -0.1) is 0 Å². The van der Waals surface area contributed by atoms with Crippen LogP contribution in [0.25, 0.3) is 0 Å².